The molecular formula is C18H31NS. The Kier molecular flexibility index (Phi) is 7.67. The molecule has 1 aromatic heterocycles. The molecule has 0 amide bonds. The molecule has 0 fully saturated rings. The van der Waals surface area contributed by atoms with Gasteiger partial charge in [-0.2, -0.15) is 0 Å². The molecule has 1 unspecified atom stereocenters. The lowest BCUT2D eigenvalue weighted by molar-refractivity contribution is 0.450. The second-order valence-corrected chi connectivity index (χ2v) is 7.17. The monoisotopic (exact) mass is 293 g/mol. The fourth-order valence-electron chi connectivity index (χ4n) is 3.23. The molecule has 1 aliphatic rings. The van der Waals surface area contributed by atoms with Crippen LogP contribution >= 0.6 is 11.3 Å². The normalized spacial score (nSPS) is 18.1. The van der Waals surface area contributed by atoms with E-state index in [0.717, 1.165) is 0 Å². The van der Waals surface area contributed by atoms with Crippen molar-refractivity contribution in [3.8, 4) is 0 Å². The molecule has 1 aliphatic carbocycles. The Labute approximate surface area is 129 Å². The van der Waals surface area contributed by atoms with Crippen molar-refractivity contribution in [3.05, 3.63) is 21.9 Å². The summed E-state index contributed by atoms with van der Waals surface area (Å²) < 4.78 is 0. The third-order valence-electron chi connectivity index (χ3n) is 4.47. The first-order valence-corrected chi connectivity index (χ1v) is 9.59. The highest BCUT2D eigenvalue weighted by molar-refractivity contribution is 7.10. The van der Waals surface area contributed by atoms with Crippen LogP contribution in [0.5, 0.6) is 0 Å². The van der Waals surface area contributed by atoms with Gasteiger partial charge in [0, 0.05) is 10.9 Å². The molecule has 1 N–H and O–H groups in total. The van der Waals surface area contributed by atoms with E-state index in [9.17, 15) is 0 Å². The molecule has 0 aliphatic heterocycles. The Morgan fingerprint density at radius 1 is 1.10 bits per heavy atom. The van der Waals surface area contributed by atoms with Gasteiger partial charge in [-0.05, 0) is 49.2 Å². The summed E-state index contributed by atoms with van der Waals surface area (Å²) in [6.45, 7) is 3.49. The van der Waals surface area contributed by atoms with E-state index in [1.54, 1.807) is 10.4 Å². The van der Waals surface area contributed by atoms with E-state index in [-0.39, 0.29) is 0 Å². The van der Waals surface area contributed by atoms with Gasteiger partial charge in [-0.1, -0.05) is 51.9 Å². The van der Waals surface area contributed by atoms with Gasteiger partial charge in [-0.25, -0.2) is 0 Å². The third-order valence-corrected chi connectivity index (χ3v) is 5.47. The van der Waals surface area contributed by atoms with Crippen LogP contribution in [0.25, 0.3) is 0 Å². The maximum Gasteiger partial charge on any atom is 0.0331 e. The van der Waals surface area contributed by atoms with Crippen LogP contribution in [0.2, 0.25) is 0 Å². The molecule has 114 valence electrons. The van der Waals surface area contributed by atoms with Gasteiger partial charge in [0.15, 0.2) is 0 Å². The van der Waals surface area contributed by atoms with E-state index in [2.05, 4.69) is 23.7 Å². The lowest BCUT2D eigenvalue weighted by Crippen LogP contribution is -2.25. The van der Waals surface area contributed by atoms with E-state index < -0.39 is 0 Å². The molecule has 0 spiro atoms. The van der Waals surface area contributed by atoms with Crippen molar-refractivity contribution in [1.82, 2.24) is 5.32 Å². The van der Waals surface area contributed by atoms with Crippen LogP contribution < -0.4 is 5.32 Å². The smallest absolute Gasteiger partial charge is 0.0331 e. The highest BCUT2D eigenvalue weighted by Gasteiger charge is 2.19. The van der Waals surface area contributed by atoms with Gasteiger partial charge in [-0.15, -0.1) is 11.3 Å². The van der Waals surface area contributed by atoms with Gasteiger partial charge >= 0.3 is 0 Å². The molecule has 0 saturated carbocycles. The van der Waals surface area contributed by atoms with Gasteiger partial charge in [0.25, 0.3) is 0 Å². The maximum absolute atomic E-state index is 3.78. The molecule has 1 heterocycles. The van der Waals surface area contributed by atoms with Crippen molar-refractivity contribution < 1.29 is 0 Å². The van der Waals surface area contributed by atoms with Crippen LogP contribution in [0.4, 0.5) is 0 Å². The van der Waals surface area contributed by atoms with Crippen molar-refractivity contribution >= 4 is 11.3 Å². The van der Waals surface area contributed by atoms with Crippen LogP contribution in [0, 0.1) is 0 Å². The summed E-state index contributed by atoms with van der Waals surface area (Å²) in [6.07, 6.45) is 15.3. The number of unbranched alkanes of at least 4 members (excludes halogenated alkanes) is 7. The summed E-state index contributed by atoms with van der Waals surface area (Å²) >= 11 is 1.95. The summed E-state index contributed by atoms with van der Waals surface area (Å²) in [5.74, 6) is 0. The van der Waals surface area contributed by atoms with E-state index in [0.29, 0.717) is 6.04 Å². The largest absolute Gasteiger partial charge is 0.310 e. The highest BCUT2D eigenvalue weighted by Crippen LogP contribution is 2.33. The van der Waals surface area contributed by atoms with Crippen molar-refractivity contribution in [1.29, 1.82) is 0 Å². The third kappa shape index (κ3) is 5.21. The molecule has 1 nitrogen and oxygen atoms in total. The number of hydrogen-bond acceptors (Lipinski definition) is 2. The maximum atomic E-state index is 3.78. The second-order valence-electron chi connectivity index (χ2n) is 6.17. The number of thiophene rings is 1. The zero-order chi connectivity index (χ0) is 14.0. The minimum Gasteiger partial charge on any atom is -0.310 e. The minimum absolute atomic E-state index is 0.648. The first-order chi connectivity index (χ1) is 9.92. The van der Waals surface area contributed by atoms with Crippen molar-refractivity contribution in [3.63, 3.8) is 0 Å². The topological polar surface area (TPSA) is 12.0 Å². The Bertz CT molecular complexity index is 358. The molecule has 2 heteroatoms. The average molecular weight is 294 g/mol. The Morgan fingerprint density at radius 3 is 2.65 bits per heavy atom. The van der Waals surface area contributed by atoms with E-state index in [4.69, 9.17) is 0 Å². The SMILES string of the molecule is CCCCCCCCCCNC1CCCc2sccc21. The van der Waals surface area contributed by atoms with E-state index in [1.807, 2.05) is 11.3 Å². The number of nitrogens with one attached hydrogen (secondary N) is 1. The summed E-state index contributed by atoms with van der Waals surface area (Å²) in [7, 11) is 0. The van der Waals surface area contributed by atoms with Gasteiger partial charge in [-0.3, -0.25) is 0 Å². The van der Waals surface area contributed by atoms with Gasteiger partial charge < -0.3 is 5.32 Å². The lowest BCUT2D eigenvalue weighted by atomic mass is 9.94. The summed E-state index contributed by atoms with van der Waals surface area (Å²) in [5, 5.41) is 6.05. The first-order valence-electron chi connectivity index (χ1n) is 8.71. The Hall–Kier alpha value is -0.340. The quantitative estimate of drug-likeness (QED) is 0.533. The van der Waals surface area contributed by atoms with Crippen LogP contribution in [0.15, 0.2) is 11.4 Å². The molecule has 20 heavy (non-hydrogen) atoms. The molecule has 0 saturated heterocycles. The number of fused-ring (bicyclic) bond motifs is 1. The number of aryl methyl sites for hydroxylation is 1. The molecule has 1 atom stereocenters. The van der Waals surface area contributed by atoms with Crippen molar-refractivity contribution in [2.24, 2.45) is 0 Å². The summed E-state index contributed by atoms with van der Waals surface area (Å²) in [4.78, 5) is 1.63. The molecule has 0 bridgehead atoms. The molecular weight excluding hydrogens is 262 g/mol. The van der Waals surface area contributed by atoms with Crippen LogP contribution in [0.3, 0.4) is 0 Å². The summed E-state index contributed by atoms with van der Waals surface area (Å²) in [5.41, 5.74) is 1.60. The zero-order valence-corrected chi connectivity index (χ0v) is 13.9. The number of rotatable bonds is 10. The first kappa shape index (κ1) is 16.0. The molecule has 1 aromatic rings. The lowest BCUT2D eigenvalue weighted by Gasteiger charge is -2.23. The fraction of sp³-hybridized carbons (Fsp3) is 0.778. The fourth-order valence-corrected chi connectivity index (χ4v) is 4.22. The standard InChI is InChI=1S/C18H31NS/c1-2-3-4-5-6-7-8-9-14-19-17-11-10-12-18-16(17)13-15-20-18/h13,15,17,19H,2-12,14H2,1H3. The minimum atomic E-state index is 0.648. The van der Waals surface area contributed by atoms with Gasteiger partial charge in [0.2, 0.25) is 0 Å². The average Bonchev–Trinajstić information content (AvgIpc) is 2.95. The molecule has 2 rings (SSSR count). The van der Waals surface area contributed by atoms with Gasteiger partial charge in [0.05, 0.1) is 0 Å². The van der Waals surface area contributed by atoms with E-state index in [1.165, 1.54) is 77.2 Å². The summed E-state index contributed by atoms with van der Waals surface area (Å²) in [6, 6.07) is 2.99. The predicted octanol–water partition coefficient (Wildman–Crippen LogP) is 5.86. The van der Waals surface area contributed by atoms with Crippen LogP contribution in [-0.2, 0) is 6.42 Å². The van der Waals surface area contributed by atoms with Crippen LogP contribution in [-0.4, -0.2) is 6.54 Å². The van der Waals surface area contributed by atoms with Crippen LogP contribution in [0.1, 0.15) is 87.6 Å². The highest BCUT2D eigenvalue weighted by atomic mass is 32.1. The Balaban J connectivity index is 1.50. The van der Waals surface area contributed by atoms with Gasteiger partial charge in [0.1, 0.15) is 0 Å². The zero-order valence-electron chi connectivity index (χ0n) is 13.1. The van der Waals surface area contributed by atoms with E-state index >= 15 is 0 Å². The number of hydrogen-bond donors (Lipinski definition) is 1. The molecule has 0 aromatic carbocycles. The molecule has 0 radical (unpaired) electrons. The predicted molar refractivity (Wildman–Crippen MR) is 90.6 cm³/mol. The Morgan fingerprint density at radius 2 is 1.85 bits per heavy atom. The van der Waals surface area contributed by atoms with Crippen molar-refractivity contribution in [2.45, 2.75) is 83.6 Å². The second kappa shape index (κ2) is 9.57. The van der Waals surface area contributed by atoms with Crippen molar-refractivity contribution in [2.75, 3.05) is 6.54 Å².